The SMILES string of the molecule is Cc1cccc(N2CCN(C(C)(C)C(=O)NC(C)(C)CO)CC2)c1C. The molecule has 2 rings (SSSR count). The molecular weight excluding hydrogens is 314 g/mol. The van der Waals surface area contributed by atoms with Crippen LogP contribution in [-0.2, 0) is 4.79 Å². The van der Waals surface area contributed by atoms with Crippen molar-refractivity contribution in [2.24, 2.45) is 0 Å². The Hall–Kier alpha value is -1.59. The van der Waals surface area contributed by atoms with Crippen molar-refractivity contribution in [1.82, 2.24) is 10.2 Å². The van der Waals surface area contributed by atoms with Crippen LogP contribution in [0.1, 0.15) is 38.8 Å². The Morgan fingerprint density at radius 2 is 1.72 bits per heavy atom. The minimum atomic E-state index is -0.602. The van der Waals surface area contributed by atoms with Gasteiger partial charge < -0.3 is 15.3 Å². The number of rotatable bonds is 5. The average Bonchev–Trinajstić information content (AvgIpc) is 2.57. The zero-order valence-electron chi connectivity index (χ0n) is 16.5. The van der Waals surface area contributed by atoms with Crippen LogP contribution in [-0.4, -0.2) is 59.8 Å². The predicted molar refractivity (Wildman–Crippen MR) is 103 cm³/mol. The zero-order chi connectivity index (χ0) is 18.8. The maximum atomic E-state index is 12.7. The van der Waals surface area contributed by atoms with Gasteiger partial charge in [0.05, 0.1) is 17.7 Å². The second-order valence-corrected chi connectivity index (χ2v) is 8.25. The van der Waals surface area contributed by atoms with Crippen molar-refractivity contribution in [2.75, 3.05) is 37.7 Å². The molecule has 0 atom stereocenters. The van der Waals surface area contributed by atoms with Crippen LogP contribution >= 0.6 is 0 Å². The number of hydrogen-bond donors (Lipinski definition) is 2. The van der Waals surface area contributed by atoms with Gasteiger partial charge >= 0.3 is 0 Å². The number of aliphatic hydroxyl groups excluding tert-OH is 1. The van der Waals surface area contributed by atoms with Crippen LogP contribution in [0.4, 0.5) is 5.69 Å². The lowest BCUT2D eigenvalue weighted by Gasteiger charge is -2.45. The third kappa shape index (κ3) is 4.33. The topological polar surface area (TPSA) is 55.8 Å². The number of aryl methyl sites for hydroxylation is 1. The van der Waals surface area contributed by atoms with Gasteiger partial charge in [0, 0.05) is 31.9 Å². The highest BCUT2D eigenvalue weighted by atomic mass is 16.3. The number of carbonyl (C=O) groups excluding carboxylic acids is 1. The summed E-state index contributed by atoms with van der Waals surface area (Å²) in [6, 6.07) is 6.43. The molecule has 0 aliphatic carbocycles. The smallest absolute Gasteiger partial charge is 0.240 e. The molecule has 1 amide bonds. The minimum absolute atomic E-state index is 0.0354. The van der Waals surface area contributed by atoms with E-state index in [1.165, 1.54) is 16.8 Å². The summed E-state index contributed by atoms with van der Waals surface area (Å²) in [4.78, 5) is 17.4. The van der Waals surface area contributed by atoms with Crippen LogP contribution in [0.25, 0.3) is 0 Å². The van der Waals surface area contributed by atoms with E-state index in [1.807, 2.05) is 27.7 Å². The molecule has 0 bridgehead atoms. The molecule has 0 spiro atoms. The van der Waals surface area contributed by atoms with Crippen molar-refractivity contribution in [2.45, 2.75) is 52.6 Å². The van der Waals surface area contributed by atoms with E-state index in [1.54, 1.807) is 0 Å². The summed E-state index contributed by atoms with van der Waals surface area (Å²) >= 11 is 0. The third-order valence-electron chi connectivity index (χ3n) is 5.39. The molecule has 1 aliphatic rings. The van der Waals surface area contributed by atoms with Crippen LogP contribution in [0, 0.1) is 13.8 Å². The lowest BCUT2D eigenvalue weighted by atomic mass is 9.97. The number of carbonyl (C=O) groups is 1. The second kappa shape index (κ2) is 7.34. The van der Waals surface area contributed by atoms with Gasteiger partial charge in [-0.3, -0.25) is 9.69 Å². The summed E-state index contributed by atoms with van der Waals surface area (Å²) in [5, 5.41) is 12.4. The summed E-state index contributed by atoms with van der Waals surface area (Å²) in [5.41, 5.74) is 2.74. The summed E-state index contributed by atoms with van der Waals surface area (Å²) in [6.45, 7) is 15.3. The summed E-state index contributed by atoms with van der Waals surface area (Å²) in [7, 11) is 0. The van der Waals surface area contributed by atoms with Crippen LogP contribution < -0.4 is 10.2 Å². The molecule has 25 heavy (non-hydrogen) atoms. The van der Waals surface area contributed by atoms with Gasteiger partial charge in [0.15, 0.2) is 0 Å². The summed E-state index contributed by atoms with van der Waals surface area (Å²) in [5.74, 6) is -0.0354. The van der Waals surface area contributed by atoms with Crippen molar-refractivity contribution in [3.63, 3.8) is 0 Å². The number of aliphatic hydroxyl groups is 1. The van der Waals surface area contributed by atoms with Crippen LogP contribution in [0.2, 0.25) is 0 Å². The fraction of sp³-hybridized carbons (Fsp3) is 0.650. The van der Waals surface area contributed by atoms with Crippen LogP contribution in [0.3, 0.4) is 0 Å². The first kappa shape index (κ1) is 19.7. The number of amides is 1. The molecule has 140 valence electrons. The monoisotopic (exact) mass is 347 g/mol. The molecule has 0 aromatic heterocycles. The Morgan fingerprint density at radius 1 is 1.12 bits per heavy atom. The summed E-state index contributed by atoms with van der Waals surface area (Å²) in [6.07, 6.45) is 0. The quantitative estimate of drug-likeness (QED) is 0.856. The van der Waals surface area contributed by atoms with Crippen molar-refractivity contribution in [3.8, 4) is 0 Å². The molecule has 1 heterocycles. The van der Waals surface area contributed by atoms with Gasteiger partial charge in [-0.15, -0.1) is 0 Å². The molecule has 5 heteroatoms. The Morgan fingerprint density at radius 3 is 2.28 bits per heavy atom. The number of nitrogens with one attached hydrogen (secondary N) is 1. The number of piperazine rings is 1. The highest BCUT2D eigenvalue weighted by Crippen LogP contribution is 2.26. The predicted octanol–water partition coefficient (Wildman–Crippen LogP) is 2.09. The van der Waals surface area contributed by atoms with Crippen molar-refractivity contribution >= 4 is 11.6 Å². The zero-order valence-corrected chi connectivity index (χ0v) is 16.5. The van der Waals surface area contributed by atoms with Crippen molar-refractivity contribution in [3.05, 3.63) is 29.3 Å². The molecule has 2 N–H and O–H groups in total. The van der Waals surface area contributed by atoms with E-state index in [2.05, 4.69) is 47.2 Å². The van der Waals surface area contributed by atoms with Crippen LogP contribution in [0.15, 0.2) is 18.2 Å². The number of hydrogen-bond acceptors (Lipinski definition) is 4. The number of benzene rings is 1. The standard InChI is InChI=1S/C20H33N3O2/c1-15-8-7-9-17(16(15)2)22-10-12-23(13-11-22)20(5,6)18(25)21-19(3,4)14-24/h7-9,24H,10-14H2,1-6H3,(H,21,25). The fourth-order valence-electron chi connectivity index (χ4n) is 3.23. The lowest BCUT2D eigenvalue weighted by molar-refractivity contribution is -0.134. The number of nitrogens with zero attached hydrogens (tertiary/aromatic N) is 2. The number of anilines is 1. The van der Waals surface area contributed by atoms with E-state index < -0.39 is 11.1 Å². The maximum Gasteiger partial charge on any atom is 0.240 e. The average molecular weight is 348 g/mol. The normalized spacial score (nSPS) is 16.8. The molecule has 1 aromatic rings. The van der Waals surface area contributed by atoms with E-state index in [9.17, 15) is 9.90 Å². The van der Waals surface area contributed by atoms with E-state index in [0.29, 0.717) is 0 Å². The minimum Gasteiger partial charge on any atom is -0.394 e. The van der Waals surface area contributed by atoms with E-state index in [4.69, 9.17) is 0 Å². The fourth-order valence-corrected chi connectivity index (χ4v) is 3.23. The van der Waals surface area contributed by atoms with Gasteiger partial charge in [0.2, 0.25) is 5.91 Å². The maximum absolute atomic E-state index is 12.7. The molecular formula is C20H33N3O2. The van der Waals surface area contributed by atoms with Gasteiger partial charge in [-0.25, -0.2) is 0 Å². The molecule has 0 radical (unpaired) electrons. The van der Waals surface area contributed by atoms with Gasteiger partial charge in [-0.1, -0.05) is 12.1 Å². The Balaban J connectivity index is 2.03. The Labute approximate surface area is 152 Å². The Bertz CT molecular complexity index is 617. The molecule has 1 saturated heterocycles. The van der Waals surface area contributed by atoms with E-state index in [-0.39, 0.29) is 12.5 Å². The first-order valence-corrected chi connectivity index (χ1v) is 9.08. The molecule has 0 saturated carbocycles. The second-order valence-electron chi connectivity index (χ2n) is 8.25. The molecule has 1 aromatic carbocycles. The molecule has 0 unspecified atom stereocenters. The highest BCUT2D eigenvalue weighted by molar-refractivity contribution is 5.86. The van der Waals surface area contributed by atoms with Crippen molar-refractivity contribution in [1.29, 1.82) is 0 Å². The van der Waals surface area contributed by atoms with Crippen molar-refractivity contribution < 1.29 is 9.90 Å². The summed E-state index contributed by atoms with van der Waals surface area (Å²) < 4.78 is 0. The largest absolute Gasteiger partial charge is 0.394 e. The van der Waals surface area contributed by atoms with Gasteiger partial charge in [0.1, 0.15) is 0 Å². The van der Waals surface area contributed by atoms with Gasteiger partial charge in [0.25, 0.3) is 0 Å². The molecule has 1 fully saturated rings. The Kier molecular flexibility index (Phi) is 5.79. The lowest BCUT2D eigenvalue weighted by Crippen LogP contribution is -2.63. The molecule has 1 aliphatic heterocycles. The van der Waals surface area contributed by atoms with E-state index >= 15 is 0 Å². The van der Waals surface area contributed by atoms with Gasteiger partial charge in [-0.2, -0.15) is 0 Å². The molecule has 5 nitrogen and oxygen atoms in total. The van der Waals surface area contributed by atoms with Gasteiger partial charge in [-0.05, 0) is 58.7 Å². The first-order chi connectivity index (χ1) is 11.6. The van der Waals surface area contributed by atoms with Crippen LogP contribution in [0.5, 0.6) is 0 Å². The van der Waals surface area contributed by atoms with E-state index in [0.717, 1.165) is 26.2 Å². The first-order valence-electron chi connectivity index (χ1n) is 9.08. The highest BCUT2D eigenvalue weighted by Gasteiger charge is 2.38. The third-order valence-corrected chi connectivity index (χ3v) is 5.39.